The lowest BCUT2D eigenvalue weighted by Gasteiger charge is -2.22. The Balaban J connectivity index is 1.34. The maximum absolute atomic E-state index is 9.32. The van der Waals surface area contributed by atoms with Gasteiger partial charge in [-0.3, -0.25) is 4.90 Å². The van der Waals surface area contributed by atoms with Crippen molar-refractivity contribution in [1.29, 1.82) is 0 Å². The lowest BCUT2D eigenvalue weighted by Crippen LogP contribution is -2.33. The summed E-state index contributed by atoms with van der Waals surface area (Å²) in [6.07, 6.45) is 4.71. The van der Waals surface area contributed by atoms with Crippen molar-refractivity contribution in [1.82, 2.24) is 10.2 Å². The van der Waals surface area contributed by atoms with Crippen LogP contribution < -0.4 is 14.8 Å². The molecule has 0 saturated carbocycles. The Kier molecular flexibility index (Phi) is 6.13. The molecule has 0 bridgehead atoms. The van der Waals surface area contributed by atoms with Crippen LogP contribution in [0.2, 0.25) is 0 Å². The van der Waals surface area contributed by atoms with E-state index in [-0.39, 0.29) is 0 Å². The van der Waals surface area contributed by atoms with Crippen molar-refractivity contribution >= 4 is 0 Å². The number of ether oxygens (including phenoxy) is 2. The minimum absolute atomic E-state index is 0.305. The molecule has 2 aliphatic rings. The number of nitrogens with one attached hydrogen (secondary N) is 1. The Labute approximate surface area is 138 Å². The average molecular weight is 320 g/mol. The van der Waals surface area contributed by atoms with Gasteiger partial charge >= 0.3 is 0 Å². The number of aliphatic hydroxyl groups is 1. The van der Waals surface area contributed by atoms with E-state index in [1.54, 1.807) is 0 Å². The van der Waals surface area contributed by atoms with Crippen molar-refractivity contribution in [2.24, 2.45) is 0 Å². The third kappa shape index (κ3) is 4.37. The molecule has 2 N–H and O–H groups in total. The molecule has 1 aromatic rings. The van der Waals surface area contributed by atoms with Gasteiger partial charge in [-0.25, -0.2) is 0 Å². The maximum Gasteiger partial charge on any atom is 0.165 e. The Morgan fingerprint density at radius 1 is 1.22 bits per heavy atom. The van der Waals surface area contributed by atoms with Crippen LogP contribution in [-0.4, -0.2) is 55.5 Å². The smallest absolute Gasteiger partial charge is 0.165 e. The number of hydrogen-bond donors (Lipinski definition) is 2. The van der Waals surface area contributed by atoms with Crippen LogP contribution in [0.25, 0.3) is 0 Å². The second kappa shape index (κ2) is 8.52. The van der Waals surface area contributed by atoms with E-state index in [4.69, 9.17) is 9.47 Å². The highest BCUT2D eigenvalue weighted by Gasteiger charge is 2.22. The first-order valence-electron chi connectivity index (χ1n) is 8.81. The summed E-state index contributed by atoms with van der Waals surface area (Å²) >= 11 is 0. The van der Waals surface area contributed by atoms with Gasteiger partial charge in [-0.05, 0) is 51.4 Å². The summed E-state index contributed by atoms with van der Waals surface area (Å²) in [5, 5.41) is 12.8. The van der Waals surface area contributed by atoms with Crippen LogP contribution in [-0.2, 0) is 6.54 Å². The molecule has 1 saturated heterocycles. The number of likely N-dealkylation sites (tertiary alicyclic amines) is 1. The van der Waals surface area contributed by atoms with Crippen LogP contribution in [0.5, 0.6) is 11.5 Å². The molecule has 0 radical (unpaired) electrons. The fourth-order valence-electron chi connectivity index (χ4n) is 3.46. The number of aliphatic hydroxyl groups excluding tert-OH is 1. The third-order valence-electron chi connectivity index (χ3n) is 4.72. The highest BCUT2D eigenvalue weighted by molar-refractivity contribution is 5.47. The summed E-state index contributed by atoms with van der Waals surface area (Å²) < 4.78 is 11.3. The molecule has 5 heteroatoms. The average Bonchev–Trinajstić information content (AvgIpc) is 3.05. The molecule has 1 atom stereocenters. The fourth-order valence-corrected chi connectivity index (χ4v) is 3.46. The molecule has 0 aliphatic carbocycles. The molecule has 0 amide bonds. The van der Waals surface area contributed by atoms with Gasteiger partial charge in [0.15, 0.2) is 11.5 Å². The zero-order valence-electron chi connectivity index (χ0n) is 13.8. The summed E-state index contributed by atoms with van der Waals surface area (Å²) in [5.74, 6) is 1.76. The van der Waals surface area contributed by atoms with E-state index in [1.165, 1.54) is 18.4 Å². The summed E-state index contributed by atoms with van der Waals surface area (Å²) in [5.41, 5.74) is 1.17. The van der Waals surface area contributed by atoms with Gasteiger partial charge in [0.2, 0.25) is 0 Å². The molecule has 2 heterocycles. The monoisotopic (exact) mass is 320 g/mol. The highest BCUT2D eigenvalue weighted by atomic mass is 16.6. The van der Waals surface area contributed by atoms with Crippen LogP contribution in [0.15, 0.2) is 18.2 Å². The summed E-state index contributed by atoms with van der Waals surface area (Å²) in [6.45, 7) is 5.63. The van der Waals surface area contributed by atoms with E-state index in [0.29, 0.717) is 25.9 Å². The first-order chi connectivity index (χ1) is 11.4. The summed E-state index contributed by atoms with van der Waals surface area (Å²) in [4.78, 5) is 2.43. The maximum atomic E-state index is 9.32. The SMILES string of the molecule is OCC1CCCN1CCCCNCc1cccc2c1OCCO2. The topological polar surface area (TPSA) is 54.0 Å². The van der Waals surface area contributed by atoms with Crippen LogP contribution in [0.4, 0.5) is 0 Å². The molecule has 1 aromatic carbocycles. The number of fused-ring (bicyclic) bond motifs is 1. The van der Waals surface area contributed by atoms with Gasteiger partial charge in [0.1, 0.15) is 13.2 Å². The highest BCUT2D eigenvalue weighted by Crippen LogP contribution is 2.33. The number of para-hydroxylation sites is 1. The molecular formula is C18H28N2O3. The van der Waals surface area contributed by atoms with Gasteiger partial charge in [0.05, 0.1) is 6.61 Å². The second-order valence-electron chi connectivity index (χ2n) is 6.34. The van der Waals surface area contributed by atoms with E-state index < -0.39 is 0 Å². The van der Waals surface area contributed by atoms with Gasteiger partial charge in [0.25, 0.3) is 0 Å². The normalized spacial score (nSPS) is 20.8. The predicted octanol–water partition coefficient (Wildman–Crippen LogP) is 1.78. The second-order valence-corrected chi connectivity index (χ2v) is 6.34. The van der Waals surface area contributed by atoms with Crippen molar-refractivity contribution in [3.05, 3.63) is 23.8 Å². The lowest BCUT2D eigenvalue weighted by atomic mass is 10.1. The first-order valence-corrected chi connectivity index (χ1v) is 8.81. The fraction of sp³-hybridized carbons (Fsp3) is 0.667. The molecule has 128 valence electrons. The largest absolute Gasteiger partial charge is 0.486 e. The minimum Gasteiger partial charge on any atom is -0.486 e. The number of nitrogens with zero attached hydrogens (tertiary/aromatic N) is 1. The number of hydrogen-bond acceptors (Lipinski definition) is 5. The van der Waals surface area contributed by atoms with Gasteiger partial charge in [-0.1, -0.05) is 12.1 Å². The van der Waals surface area contributed by atoms with Crippen LogP contribution >= 0.6 is 0 Å². The molecule has 23 heavy (non-hydrogen) atoms. The van der Waals surface area contributed by atoms with Crippen LogP contribution in [0, 0.1) is 0 Å². The van der Waals surface area contributed by atoms with E-state index in [2.05, 4.69) is 16.3 Å². The molecule has 1 fully saturated rings. The number of unbranched alkanes of at least 4 members (excludes halogenated alkanes) is 1. The Hall–Kier alpha value is -1.30. The number of benzene rings is 1. The van der Waals surface area contributed by atoms with Crippen molar-refractivity contribution in [2.75, 3.05) is 39.5 Å². The van der Waals surface area contributed by atoms with Crippen LogP contribution in [0.3, 0.4) is 0 Å². The molecule has 0 aromatic heterocycles. The quantitative estimate of drug-likeness (QED) is 0.715. The van der Waals surface area contributed by atoms with Crippen molar-refractivity contribution in [3.8, 4) is 11.5 Å². The molecule has 2 aliphatic heterocycles. The molecule has 1 unspecified atom stereocenters. The summed E-state index contributed by atoms with van der Waals surface area (Å²) in [7, 11) is 0. The van der Waals surface area contributed by atoms with E-state index in [1.807, 2.05) is 12.1 Å². The Morgan fingerprint density at radius 2 is 2.13 bits per heavy atom. The number of rotatable bonds is 8. The first kappa shape index (κ1) is 16.6. The van der Waals surface area contributed by atoms with E-state index >= 15 is 0 Å². The standard InChI is InChI=1S/C18H28N2O3/c21-14-16-6-4-10-20(16)9-2-1-8-19-13-15-5-3-7-17-18(15)23-12-11-22-17/h3,5,7,16,19,21H,1-2,4,6,8-14H2. The van der Waals surface area contributed by atoms with E-state index in [0.717, 1.165) is 50.5 Å². The Morgan fingerprint density at radius 3 is 3.04 bits per heavy atom. The molecule has 0 spiro atoms. The van der Waals surface area contributed by atoms with Crippen LogP contribution in [0.1, 0.15) is 31.2 Å². The van der Waals surface area contributed by atoms with Gasteiger partial charge in [0, 0.05) is 18.2 Å². The third-order valence-corrected chi connectivity index (χ3v) is 4.72. The van der Waals surface area contributed by atoms with Crippen molar-refractivity contribution in [3.63, 3.8) is 0 Å². The van der Waals surface area contributed by atoms with Gasteiger partial charge < -0.3 is 19.9 Å². The summed E-state index contributed by atoms with van der Waals surface area (Å²) in [6, 6.07) is 6.48. The van der Waals surface area contributed by atoms with Gasteiger partial charge in [-0.2, -0.15) is 0 Å². The molecular weight excluding hydrogens is 292 g/mol. The zero-order valence-corrected chi connectivity index (χ0v) is 13.8. The predicted molar refractivity (Wildman–Crippen MR) is 90.1 cm³/mol. The van der Waals surface area contributed by atoms with Crippen molar-refractivity contribution in [2.45, 2.75) is 38.3 Å². The molecule has 3 rings (SSSR count). The van der Waals surface area contributed by atoms with Crippen molar-refractivity contribution < 1.29 is 14.6 Å². The van der Waals surface area contributed by atoms with Gasteiger partial charge in [-0.15, -0.1) is 0 Å². The lowest BCUT2D eigenvalue weighted by molar-refractivity contribution is 0.157. The van der Waals surface area contributed by atoms with E-state index in [9.17, 15) is 5.11 Å². The Bertz CT molecular complexity index is 495. The molecule has 5 nitrogen and oxygen atoms in total. The zero-order chi connectivity index (χ0) is 15.9. The minimum atomic E-state index is 0.305.